The maximum absolute atomic E-state index is 11.7. The first kappa shape index (κ1) is 8.72. The normalized spacial score (nSPS) is 17.3. The Labute approximate surface area is 78.0 Å². The molecule has 4 heteroatoms. The molecule has 0 saturated carbocycles. The molecular formula is C9H11NO2S. The van der Waals surface area contributed by atoms with E-state index >= 15 is 0 Å². The molecular weight excluding hydrogens is 186 g/mol. The third-order valence-electron chi connectivity index (χ3n) is 2.12. The van der Waals surface area contributed by atoms with E-state index in [0.29, 0.717) is 18.0 Å². The minimum absolute atomic E-state index is 0.438. The second-order valence-electron chi connectivity index (χ2n) is 3.17. The lowest BCUT2D eigenvalue weighted by atomic mass is 10.2. The molecule has 0 bridgehead atoms. The van der Waals surface area contributed by atoms with Crippen LogP contribution in [0.2, 0.25) is 0 Å². The molecule has 1 saturated heterocycles. The predicted molar refractivity (Wildman–Crippen MR) is 49.9 cm³/mol. The Kier molecular flexibility index (Phi) is 1.89. The largest absolute Gasteiger partial charge is 0.243 e. The zero-order valence-corrected chi connectivity index (χ0v) is 8.21. The van der Waals surface area contributed by atoms with Crippen LogP contribution < -0.4 is 0 Å². The van der Waals surface area contributed by atoms with Crippen molar-refractivity contribution in [3.63, 3.8) is 0 Å². The Balaban J connectivity index is 2.51. The highest BCUT2D eigenvalue weighted by atomic mass is 32.2. The van der Waals surface area contributed by atoms with Crippen LogP contribution in [0.3, 0.4) is 0 Å². The smallest absolute Gasteiger partial charge is 0.207 e. The summed E-state index contributed by atoms with van der Waals surface area (Å²) in [6, 6.07) is 7.07. The molecule has 2 rings (SSSR count). The van der Waals surface area contributed by atoms with Gasteiger partial charge in [0.15, 0.2) is 0 Å². The van der Waals surface area contributed by atoms with Gasteiger partial charge >= 0.3 is 0 Å². The average molecular weight is 197 g/mol. The van der Waals surface area contributed by atoms with Gasteiger partial charge in [-0.3, -0.25) is 0 Å². The van der Waals surface area contributed by atoms with Crippen LogP contribution in [-0.2, 0) is 10.0 Å². The number of rotatable bonds is 2. The van der Waals surface area contributed by atoms with E-state index in [4.69, 9.17) is 0 Å². The van der Waals surface area contributed by atoms with Crippen molar-refractivity contribution in [1.82, 2.24) is 4.31 Å². The molecule has 1 aromatic rings. The summed E-state index contributed by atoms with van der Waals surface area (Å²) in [5.41, 5.74) is 0.814. The number of nitrogens with zero attached hydrogens (tertiary/aromatic N) is 1. The number of hydrogen-bond acceptors (Lipinski definition) is 2. The Morgan fingerprint density at radius 3 is 2.38 bits per heavy atom. The minimum Gasteiger partial charge on any atom is -0.207 e. The summed E-state index contributed by atoms with van der Waals surface area (Å²) in [6.45, 7) is 3.14. The Morgan fingerprint density at radius 1 is 1.23 bits per heavy atom. The fourth-order valence-corrected chi connectivity index (χ4v) is 2.83. The second kappa shape index (κ2) is 2.82. The lowest BCUT2D eigenvalue weighted by Gasteiger charge is -2.06. The zero-order chi connectivity index (χ0) is 9.47. The van der Waals surface area contributed by atoms with Crippen molar-refractivity contribution in [2.75, 3.05) is 13.1 Å². The van der Waals surface area contributed by atoms with E-state index in [2.05, 4.69) is 0 Å². The quantitative estimate of drug-likeness (QED) is 0.663. The number of sulfonamides is 1. The van der Waals surface area contributed by atoms with Crippen LogP contribution in [0.1, 0.15) is 5.56 Å². The molecule has 13 heavy (non-hydrogen) atoms. The number of aryl methyl sites for hydroxylation is 1. The van der Waals surface area contributed by atoms with Crippen molar-refractivity contribution in [2.24, 2.45) is 0 Å². The van der Waals surface area contributed by atoms with Gasteiger partial charge in [0.05, 0.1) is 4.90 Å². The van der Waals surface area contributed by atoms with Gasteiger partial charge in [0.25, 0.3) is 0 Å². The molecule has 0 aromatic heterocycles. The van der Waals surface area contributed by atoms with Crippen LogP contribution in [0.5, 0.6) is 0 Å². The van der Waals surface area contributed by atoms with Crippen molar-refractivity contribution >= 4 is 10.0 Å². The van der Waals surface area contributed by atoms with Gasteiger partial charge in [-0.2, -0.15) is 4.31 Å². The third kappa shape index (κ3) is 1.47. The summed E-state index contributed by atoms with van der Waals surface area (Å²) in [7, 11) is -3.16. The molecule has 0 N–H and O–H groups in total. The van der Waals surface area contributed by atoms with Gasteiger partial charge in [-0.25, -0.2) is 8.42 Å². The maximum atomic E-state index is 11.7. The van der Waals surface area contributed by atoms with E-state index in [0.717, 1.165) is 5.56 Å². The first-order valence-corrected chi connectivity index (χ1v) is 5.62. The monoisotopic (exact) mass is 197 g/mol. The van der Waals surface area contributed by atoms with Gasteiger partial charge in [0, 0.05) is 13.1 Å². The molecule has 0 radical (unpaired) electrons. The van der Waals surface area contributed by atoms with Crippen LogP contribution in [0.25, 0.3) is 0 Å². The van der Waals surface area contributed by atoms with Gasteiger partial charge in [0.2, 0.25) is 10.0 Å². The number of benzene rings is 1. The van der Waals surface area contributed by atoms with Gasteiger partial charge in [-0.15, -0.1) is 0 Å². The van der Waals surface area contributed by atoms with Gasteiger partial charge in [-0.05, 0) is 18.6 Å². The zero-order valence-electron chi connectivity index (χ0n) is 7.40. The summed E-state index contributed by atoms with van der Waals surface area (Å²) in [5.74, 6) is 0. The molecule has 1 heterocycles. The van der Waals surface area contributed by atoms with E-state index < -0.39 is 10.0 Å². The highest BCUT2D eigenvalue weighted by molar-refractivity contribution is 7.89. The lowest BCUT2D eigenvalue weighted by Crippen LogP contribution is -2.12. The van der Waals surface area contributed by atoms with E-state index in [9.17, 15) is 8.42 Å². The molecule has 1 aliphatic heterocycles. The molecule has 70 valence electrons. The van der Waals surface area contributed by atoms with E-state index in [1.54, 1.807) is 12.1 Å². The molecule has 3 nitrogen and oxygen atoms in total. The summed E-state index contributed by atoms with van der Waals surface area (Å²) in [5, 5.41) is 0. The fourth-order valence-electron chi connectivity index (χ4n) is 1.27. The standard InChI is InChI=1S/C9H11NO2S/c1-8-4-2-3-5-9(8)13(11,12)10-6-7-10/h2-5H,6-7H2,1H3. The SMILES string of the molecule is Cc1ccccc1S(=O)(=O)N1CC1. The fraction of sp³-hybridized carbons (Fsp3) is 0.333. The van der Waals surface area contributed by atoms with Crippen LogP contribution in [-0.4, -0.2) is 25.8 Å². The summed E-state index contributed by atoms with van der Waals surface area (Å²) in [6.07, 6.45) is 0. The molecule has 0 atom stereocenters. The Bertz CT molecular complexity index is 421. The van der Waals surface area contributed by atoms with Crippen LogP contribution in [0, 0.1) is 6.92 Å². The Morgan fingerprint density at radius 2 is 1.85 bits per heavy atom. The molecule has 0 amide bonds. The summed E-state index contributed by atoms with van der Waals surface area (Å²) in [4.78, 5) is 0.438. The highest BCUT2D eigenvalue weighted by Crippen LogP contribution is 2.23. The van der Waals surface area contributed by atoms with Crippen molar-refractivity contribution in [2.45, 2.75) is 11.8 Å². The predicted octanol–water partition coefficient (Wildman–Crippen LogP) is 0.999. The molecule has 0 aliphatic carbocycles. The average Bonchev–Trinajstić information content (AvgIpc) is 2.86. The molecule has 0 unspecified atom stereocenters. The number of hydrogen-bond donors (Lipinski definition) is 0. The van der Waals surface area contributed by atoms with Gasteiger partial charge in [-0.1, -0.05) is 18.2 Å². The second-order valence-corrected chi connectivity index (χ2v) is 5.08. The van der Waals surface area contributed by atoms with Crippen molar-refractivity contribution in [1.29, 1.82) is 0 Å². The molecule has 1 aromatic carbocycles. The van der Waals surface area contributed by atoms with Crippen LogP contribution >= 0.6 is 0 Å². The van der Waals surface area contributed by atoms with Crippen molar-refractivity contribution in [3.8, 4) is 0 Å². The topological polar surface area (TPSA) is 37.1 Å². The first-order chi connectivity index (χ1) is 6.12. The van der Waals surface area contributed by atoms with E-state index in [1.165, 1.54) is 4.31 Å². The molecule has 1 fully saturated rings. The highest BCUT2D eigenvalue weighted by Gasteiger charge is 2.33. The van der Waals surface area contributed by atoms with Crippen LogP contribution in [0.4, 0.5) is 0 Å². The first-order valence-electron chi connectivity index (χ1n) is 4.18. The van der Waals surface area contributed by atoms with Gasteiger partial charge in [0.1, 0.15) is 0 Å². The van der Waals surface area contributed by atoms with E-state index in [-0.39, 0.29) is 0 Å². The maximum Gasteiger partial charge on any atom is 0.243 e. The lowest BCUT2D eigenvalue weighted by molar-refractivity contribution is 0.562. The molecule has 0 spiro atoms. The van der Waals surface area contributed by atoms with Crippen molar-refractivity contribution in [3.05, 3.63) is 29.8 Å². The molecule has 1 aliphatic rings. The third-order valence-corrected chi connectivity index (χ3v) is 4.18. The summed E-state index contributed by atoms with van der Waals surface area (Å²) >= 11 is 0. The Hall–Kier alpha value is -0.870. The summed E-state index contributed by atoms with van der Waals surface area (Å²) < 4.78 is 25.0. The van der Waals surface area contributed by atoms with Gasteiger partial charge < -0.3 is 0 Å². The van der Waals surface area contributed by atoms with E-state index in [1.807, 2.05) is 19.1 Å². The van der Waals surface area contributed by atoms with Crippen LogP contribution in [0.15, 0.2) is 29.2 Å². The van der Waals surface area contributed by atoms with Crippen molar-refractivity contribution < 1.29 is 8.42 Å². The minimum atomic E-state index is -3.16.